The second-order valence-corrected chi connectivity index (χ2v) is 6.01. The Labute approximate surface area is 142 Å². The van der Waals surface area contributed by atoms with Crippen LogP contribution in [0.4, 0.5) is 0 Å². The Morgan fingerprint density at radius 3 is 2.67 bits per heavy atom. The Balaban J connectivity index is 2.01. The highest BCUT2D eigenvalue weighted by Gasteiger charge is 2.14. The Kier molecular flexibility index (Phi) is 5.84. The highest BCUT2D eigenvalue weighted by molar-refractivity contribution is 5.76. The fourth-order valence-corrected chi connectivity index (χ4v) is 2.66. The summed E-state index contributed by atoms with van der Waals surface area (Å²) in [7, 11) is 0. The van der Waals surface area contributed by atoms with E-state index in [0.29, 0.717) is 12.2 Å². The molecule has 2 rings (SSSR count). The fraction of sp³-hybridized carbons (Fsp3) is 0.444. The molecule has 1 amide bonds. The molecule has 0 radical (unpaired) electrons. The number of rotatable bonds is 6. The van der Waals surface area contributed by atoms with E-state index >= 15 is 0 Å². The maximum atomic E-state index is 12.3. The van der Waals surface area contributed by atoms with Crippen molar-refractivity contribution >= 4 is 5.91 Å². The molecule has 0 bridgehead atoms. The van der Waals surface area contributed by atoms with Crippen LogP contribution in [0.15, 0.2) is 29.2 Å². The second kappa shape index (κ2) is 7.86. The zero-order valence-corrected chi connectivity index (χ0v) is 14.7. The number of nitrogens with zero attached hydrogens (tertiary/aromatic N) is 3. The minimum Gasteiger partial charge on any atom is -0.348 e. The number of pyridine rings is 1. The van der Waals surface area contributed by atoms with Crippen LogP contribution >= 0.6 is 0 Å². The zero-order valence-electron chi connectivity index (χ0n) is 14.7. The number of amides is 1. The lowest BCUT2D eigenvalue weighted by molar-refractivity contribution is -0.122. The van der Waals surface area contributed by atoms with Gasteiger partial charge in [-0.05, 0) is 51.0 Å². The first-order valence-electron chi connectivity index (χ1n) is 8.17. The van der Waals surface area contributed by atoms with Crippen molar-refractivity contribution in [1.29, 1.82) is 0 Å². The highest BCUT2D eigenvalue weighted by Crippen LogP contribution is 2.15. The van der Waals surface area contributed by atoms with Crippen LogP contribution in [-0.4, -0.2) is 20.4 Å². The van der Waals surface area contributed by atoms with E-state index in [1.807, 2.05) is 39.0 Å². The molecule has 0 aromatic carbocycles. The summed E-state index contributed by atoms with van der Waals surface area (Å²) in [6, 6.07) is 5.63. The number of aryl methyl sites for hydroxylation is 3. The van der Waals surface area contributed by atoms with Crippen LogP contribution in [0.5, 0.6) is 0 Å². The summed E-state index contributed by atoms with van der Waals surface area (Å²) in [4.78, 5) is 32.4. The van der Waals surface area contributed by atoms with Gasteiger partial charge in [0.15, 0.2) is 0 Å². The van der Waals surface area contributed by atoms with Crippen molar-refractivity contribution in [2.24, 2.45) is 0 Å². The lowest BCUT2D eigenvalue weighted by Crippen LogP contribution is -2.32. The van der Waals surface area contributed by atoms with E-state index < -0.39 is 0 Å². The van der Waals surface area contributed by atoms with Gasteiger partial charge in [-0.1, -0.05) is 6.92 Å². The molecule has 0 aliphatic heterocycles. The molecule has 6 heteroatoms. The van der Waals surface area contributed by atoms with Gasteiger partial charge in [0.05, 0.1) is 11.7 Å². The molecule has 2 aromatic heterocycles. The summed E-state index contributed by atoms with van der Waals surface area (Å²) < 4.78 is 1.53. The molecule has 0 saturated heterocycles. The monoisotopic (exact) mass is 328 g/mol. The van der Waals surface area contributed by atoms with Crippen LogP contribution < -0.4 is 11.0 Å². The predicted molar refractivity (Wildman–Crippen MR) is 92.7 cm³/mol. The van der Waals surface area contributed by atoms with Gasteiger partial charge < -0.3 is 5.32 Å². The molecule has 0 fully saturated rings. The van der Waals surface area contributed by atoms with Crippen molar-refractivity contribution in [1.82, 2.24) is 19.9 Å². The van der Waals surface area contributed by atoms with Crippen molar-refractivity contribution < 1.29 is 4.79 Å². The lowest BCUT2D eigenvalue weighted by Gasteiger charge is -2.17. The van der Waals surface area contributed by atoms with Gasteiger partial charge in [0.2, 0.25) is 5.91 Å². The SMILES string of the molecule is CCC(NC(=O)CCn1c(C)cc(C)nc1=O)c1cc(C)ccn1. The maximum Gasteiger partial charge on any atom is 0.347 e. The lowest BCUT2D eigenvalue weighted by atomic mass is 10.1. The van der Waals surface area contributed by atoms with Gasteiger partial charge in [-0.3, -0.25) is 14.3 Å². The standard InChI is InChI=1S/C18H24N4O2/c1-5-15(16-10-12(2)6-8-19-16)21-17(23)7-9-22-14(4)11-13(3)20-18(22)24/h6,8,10-11,15H,5,7,9H2,1-4H3,(H,21,23). The summed E-state index contributed by atoms with van der Waals surface area (Å²) in [6.45, 7) is 7.96. The first kappa shape index (κ1) is 17.8. The highest BCUT2D eigenvalue weighted by atomic mass is 16.2. The van der Waals surface area contributed by atoms with Crippen molar-refractivity contribution in [3.05, 3.63) is 57.5 Å². The largest absolute Gasteiger partial charge is 0.348 e. The van der Waals surface area contributed by atoms with Gasteiger partial charge >= 0.3 is 5.69 Å². The first-order chi connectivity index (χ1) is 11.4. The Bertz CT molecular complexity index is 783. The molecule has 0 spiro atoms. The normalized spacial score (nSPS) is 12.0. The average molecular weight is 328 g/mol. The van der Waals surface area contributed by atoms with E-state index in [0.717, 1.165) is 23.4 Å². The van der Waals surface area contributed by atoms with Gasteiger partial charge in [0.25, 0.3) is 0 Å². The van der Waals surface area contributed by atoms with E-state index in [-0.39, 0.29) is 24.1 Å². The van der Waals surface area contributed by atoms with E-state index in [9.17, 15) is 9.59 Å². The summed E-state index contributed by atoms with van der Waals surface area (Å²) in [5.41, 5.74) is 3.16. The second-order valence-electron chi connectivity index (χ2n) is 6.01. The van der Waals surface area contributed by atoms with Crippen LogP contribution in [0.1, 0.15) is 48.5 Å². The third-order valence-electron chi connectivity index (χ3n) is 3.95. The third-order valence-corrected chi connectivity index (χ3v) is 3.95. The Morgan fingerprint density at radius 2 is 2.04 bits per heavy atom. The van der Waals surface area contributed by atoms with E-state index in [2.05, 4.69) is 15.3 Å². The third kappa shape index (κ3) is 4.50. The number of carbonyl (C=O) groups excluding carboxylic acids is 1. The number of nitrogens with one attached hydrogen (secondary N) is 1. The van der Waals surface area contributed by atoms with Crippen LogP contribution in [0, 0.1) is 20.8 Å². The molecule has 1 N–H and O–H groups in total. The van der Waals surface area contributed by atoms with Gasteiger partial charge in [0, 0.05) is 30.6 Å². The number of hydrogen-bond donors (Lipinski definition) is 1. The van der Waals surface area contributed by atoms with E-state index in [4.69, 9.17) is 0 Å². The summed E-state index contributed by atoms with van der Waals surface area (Å²) in [6.07, 6.45) is 2.74. The van der Waals surface area contributed by atoms with Gasteiger partial charge in [-0.25, -0.2) is 4.79 Å². The van der Waals surface area contributed by atoms with Crippen molar-refractivity contribution in [2.75, 3.05) is 0 Å². The van der Waals surface area contributed by atoms with Crippen LogP contribution in [0.3, 0.4) is 0 Å². The minimum atomic E-state index is -0.312. The quantitative estimate of drug-likeness (QED) is 0.882. The molecule has 24 heavy (non-hydrogen) atoms. The molecule has 0 saturated carbocycles. The number of carbonyl (C=O) groups is 1. The molecular formula is C18H24N4O2. The van der Waals surface area contributed by atoms with Gasteiger partial charge in [0.1, 0.15) is 0 Å². The molecule has 6 nitrogen and oxygen atoms in total. The molecule has 2 heterocycles. The van der Waals surface area contributed by atoms with Crippen molar-refractivity contribution in [3.8, 4) is 0 Å². The van der Waals surface area contributed by atoms with Crippen LogP contribution in [0.25, 0.3) is 0 Å². The molecule has 1 unspecified atom stereocenters. The van der Waals surface area contributed by atoms with Crippen molar-refractivity contribution in [2.45, 2.75) is 53.1 Å². The Morgan fingerprint density at radius 1 is 1.29 bits per heavy atom. The molecule has 0 aliphatic rings. The summed E-state index contributed by atoms with van der Waals surface area (Å²) in [5, 5.41) is 2.99. The van der Waals surface area contributed by atoms with Crippen LogP contribution in [-0.2, 0) is 11.3 Å². The van der Waals surface area contributed by atoms with E-state index in [1.54, 1.807) is 13.1 Å². The Hall–Kier alpha value is -2.50. The number of hydrogen-bond acceptors (Lipinski definition) is 4. The van der Waals surface area contributed by atoms with Crippen LogP contribution in [0.2, 0.25) is 0 Å². The van der Waals surface area contributed by atoms with Crippen molar-refractivity contribution in [3.63, 3.8) is 0 Å². The maximum absolute atomic E-state index is 12.3. The molecule has 128 valence electrons. The molecule has 1 atom stereocenters. The zero-order chi connectivity index (χ0) is 17.7. The predicted octanol–water partition coefficient (Wildman–Crippen LogP) is 2.22. The van der Waals surface area contributed by atoms with Gasteiger partial charge in [-0.2, -0.15) is 4.98 Å². The first-order valence-corrected chi connectivity index (χ1v) is 8.17. The topological polar surface area (TPSA) is 76.9 Å². The minimum absolute atomic E-state index is 0.1000. The van der Waals surface area contributed by atoms with Gasteiger partial charge in [-0.15, -0.1) is 0 Å². The van der Waals surface area contributed by atoms with E-state index in [1.165, 1.54) is 4.57 Å². The smallest absolute Gasteiger partial charge is 0.347 e. The average Bonchev–Trinajstić information content (AvgIpc) is 2.51. The molecule has 0 aliphatic carbocycles. The number of aromatic nitrogens is 3. The molecular weight excluding hydrogens is 304 g/mol. The molecule has 2 aromatic rings. The summed E-state index contributed by atoms with van der Waals surface area (Å²) >= 11 is 0. The fourth-order valence-electron chi connectivity index (χ4n) is 2.66. The summed E-state index contributed by atoms with van der Waals surface area (Å²) in [5.74, 6) is -0.1000.